The van der Waals surface area contributed by atoms with E-state index in [-0.39, 0.29) is 11.1 Å². The third-order valence-corrected chi connectivity index (χ3v) is 4.31. The molecule has 14 heavy (non-hydrogen) atoms. The van der Waals surface area contributed by atoms with Crippen molar-refractivity contribution in [2.24, 2.45) is 0 Å². The van der Waals surface area contributed by atoms with Crippen LogP contribution in [-0.2, 0) is 4.74 Å². The number of nitrogens with one attached hydrogen (secondary N) is 1. The molecule has 0 aromatic rings. The summed E-state index contributed by atoms with van der Waals surface area (Å²) >= 11 is 0. The zero-order chi connectivity index (χ0) is 10.1. The third kappa shape index (κ3) is 1.70. The summed E-state index contributed by atoms with van der Waals surface area (Å²) in [5.41, 5.74) is 0.488. The van der Waals surface area contributed by atoms with E-state index in [9.17, 15) is 0 Å². The van der Waals surface area contributed by atoms with Crippen molar-refractivity contribution in [3.8, 4) is 0 Å². The van der Waals surface area contributed by atoms with Gasteiger partial charge in [-0.3, -0.25) is 0 Å². The van der Waals surface area contributed by atoms with E-state index in [1.54, 1.807) is 0 Å². The van der Waals surface area contributed by atoms with Gasteiger partial charge < -0.3 is 10.1 Å². The van der Waals surface area contributed by atoms with Gasteiger partial charge in [-0.15, -0.1) is 0 Å². The van der Waals surface area contributed by atoms with Crippen molar-refractivity contribution in [1.82, 2.24) is 5.32 Å². The van der Waals surface area contributed by atoms with E-state index in [2.05, 4.69) is 19.2 Å². The molecule has 0 amide bonds. The van der Waals surface area contributed by atoms with Crippen LogP contribution < -0.4 is 5.32 Å². The zero-order valence-corrected chi connectivity index (χ0v) is 9.57. The zero-order valence-electron chi connectivity index (χ0n) is 9.57. The van der Waals surface area contributed by atoms with Gasteiger partial charge in [0, 0.05) is 12.1 Å². The molecule has 2 rings (SSSR count). The second kappa shape index (κ2) is 3.82. The highest BCUT2D eigenvalue weighted by Crippen LogP contribution is 2.37. The summed E-state index contributed by atoms with van der Waals surface area (Å²) in [5, 5.41) is 3.74. The Bertz CT molecular complexity index is 174. The van der Waals surface area contributed by atoms with Gasteiger partial charge in [0.15, 0.2) is 0 Å². The van der Waals surface area contributed by atoms with Gasteiger partial charge in [-0.2, -0.15) is 0 Å². The van der Waals surface area contributed by atoms with Gasteiger partial charge in [-0.25, -0.2) is 0 Å². The van der Waals surface area contributed by atoms with Crippen LogP contribution in [0.5, 0.6) is 0 Å². The van der Waals surface area contributed by atoms with Crippen molar-refractivity contribution in [2.45, 2.75) is 63.5 Å². The van der Waals surface area contributed by atoms with E-state index in [0.29, 0.717) is 0 Å². The number of ether oxygens (including phenoxy) is 1. The van der Waals surface area contributed by atoms with Crippen LogP contribution in [0.1, 0.15) is 52.4 Å². The minimum absolute atomic E-state index is 0.216. The number of morpholine rings is 1. The minimum atomic E-state index is 0.216. The summed E-state index contributed by atoms with van der Waals surface area (Å²) in [7, 11) is 0. The van der Waals surface area contributed by atoms with Crippen LogP contribution in [-0.4, -0.2) is 24.3 Å². The predicted octanol–water partition coefficient (Wildman–Crippen LogP) is 2.48. The molecule has 2 heteroatoms. The first-order valence-electron chi connectivity index (χ1n) is 6.13. The average molecular weight is 197 g/mol. The van der Waals surface area contributed by atoms with Crippen LogP contribution in [0.25, 0.3) is 0 Å². The molecule has 2 fully saturated rings. The van der Waals surface area contributed by atoms with Crippen molar-refractivity contribution in [1.29, 1.82) is 0 Å². The van der Waals surface area contributed by atoms with Crippen LogP contribution >= 0.6 is 0 Å². The highest BCUT2D eigenvalue weighted by Gasteiger charge is 2.43. The summed E-state index contributed by atoms with van der Waals surface area (Å²) in [5.74, 6) is 0. The lowest BCUT2D eigenvalue weighted by Crippen LogP contribution is -2.60. The van der Waals surface area contributed by atoms with Gasteiger partial charge in [0.1, 0.15) is 0 Å². The lowest BCUT2D eigenvalue weighted by Gasteiger charge is -2.45. The molecule has 0 aromatic heterocycles. The summed E-state index contributed by atoms with van der Waals surface area (Å²) in [6.07, 6.45) is 7.60. The fraction of sp³-hybridized carbons (Fsp3) is 1.00. The lowest BCUT2D eigenvalue weighted by molar-refractivity contribution is -0.106. The molecule has 1 saturated carbocycles. The molecule has 82 valence electrons. The molecule has 0 aromatic carbocycles. The Morgan fingerprint density at radius 2 is 1.79 bits per heavy atom. The second-order valence-corrected chi connectivity index (χ2v) is 5.02. The summed E-state index contributed by atoms with van der Waals surface area (Å²) in [6.45, 7) is 6.51. The highest BCUT2D eigenvalue weighted by atomic mass is 16.5. The van der Waals surface area contributed by atoms with E-state index in [1.807, 2.05) is 0 Å². The van der Waals surface area contributed by atoms with E-state index in [4.69, 9.17) is 4.74 Å². The Hall–Kier alpha value is -0.0800. The van der Waals surface area contributed by atoms with Crippen molar-refractivity contribution < 1.29 is 4.74 Å². The molecule has 1 N–H and O–H groups in total. The Kier molecular flexibility index (Phi) is 2.85. The molecule has 1 heterocycles. The maximum absolute atomic E-state index is 6.16. The van der Waals surface area contributed by atoms with Crippen LogP contribution in [0.2, 0.25) is 0 Å². The standard InChI is InChI=1S/C12H23NO/c1-3-11(4-2)10-14-12(9-13-11)7-5-6-8-12/h13H,3-10H2,1-2H3. The van der Waals surface area contributed by atoms with Crippen LogP contribution in [0.3, 0.4) is 0 Å². The molecule has 1 spiro atoms. The quantitative estimate of drug-likeness (QED) is 0.734. The van der Waals surface area contributed by atoms with Gasteiger partial charge in [-0.1, -0.05) is 26.7 Å². The van der Waals surface area contributed by atoms with Gasteiger partial charge >= 0.3 is 0 Å². The number of rotatable bonds is 2. The fourth-order valence-electron chi connectivity index (χ4n) is 2.79. The molecular formula is C12H23NO. The van der Waals surface area contributed by atoms with Gasteiger partial charge in [0.05, 0.1) is 12.2 Å². The monoisotopic (exact) mass is 197 g/mol. The van der Waals surface area contributed by atoms with E-state index < -0.39 is 0 Å². The van der Waals surface area contributed by atoms with Gasteiger partial charge in [-0.05, 0) is 25.7 Å². The SMILES string of the molecule is CCC1(CC)COC2(CCCC2)CN1. The molecule has 0 radical (unpaired) electrons. The molecule has 0 bridgehead atoms. The first kappa shape index (κ1) is 10.4. The Morgan fingerprint density at radius 1 is 1.14 bits per heavy atom. The van der Waals surface area contributed by atoms with Crippen LogP contribution in [0.4, 0.5) is 0 Å². The lowest BCUT2D eigenvalue weighted by atomic mass is 9.88. The maximum Gasteiger partial charge on any atom is 0.0807 e. The molecular weight excluding hydrogens is 174 g/mol. The topological polar surface area (TPSA) is 21.3 Å². The maximum atomic E-state index is 6.16. The van der Waals surface area contributed by atoms with E-state index in [1.165, 1.54) is 38.5 Å². The highest BCUT2D eigenvalue weighted by molar-refractivity contribution is 4.98. The predicted molar refractivity (Wildman–Crippen MR) is 58.5 cm³/mol. The first-order chi connectivity index (χ1) is 6.74. The molecule has 1 aliphatic carbocycles. The van der Waals surface area contributed by atoms with Crippen molar-refractivity contribution in [3.63, 3.8) is 0 Å². The van der Waals surface area contributed by atoms with Gasteiger partial charge in [0.2, 0.25) is 0 Å². The van der Waals surface area contributed by atoms with Crippen molar-refractivity contribution in [2.75, 3.05) is 13.2 Å². The summed E-state index contributed by atoms with van der Waals surface area (Å²) < 4.78 is 6.16. The molecule has 0 unspecified atom stereocenters. The molecule has 2 nitrogen and oxygen atoms in total. The molecule has 1 aliphatic heterocycles. The largest absolute Gasteiger partial charge is 0.372 e. The molecule has 0 atom stereocenters. The van der Waals surface area contributed by atoms with E-state index >= 15 is 0 Å². The smallest absolute Gasteiger partial charge is 0.0807 e. The minimum Gasteiger partial charge on any atom is -0.372 e. The molecule has 1 saturated heterocycles. The van der Waals surface area contributed by atoms with Crippen LogP contribution in [0.15, 0.2) is 0 Å². The summed E-state index contributed by atoms with van der Waals surface area (Å²) in [6, 6.07) is 0. The second-order valence-electron chi connectivity index (χ2n) is 5.02. The third-order valence-electron chi connectivity index (χ3n) is 4.31. The Balaban J connectivity index is 1.96. The Morgan fingerprint density at radius 3 is 2.21 bits per heavy atom. The number of hydrogen-bond acceptors (Lipinski definition) is 2. The normalized spacial score (nSPS) is 29.6. The Labute approximate surface area is 87.4 Å². The first-order valence-corrected chi connectivity index (χ1v) is 6.13. The van der Waals surface area contributed by atoms with Crippen molar-refractivity contribution in [3.05, 3.63) is 0 Å². The fourth-order valence-corrected chi connectivity index (χ4v) is 2.79. The van der Waals surface area contributed by atoms with E-state index in [0.717, 1.165) is 13.2 Å². The van der Waals surface area contributed by atoms with Gasteiger partial charge in [0.25, 0.3) is 0 Å². The van der Waals surface area contributed by atoms with Crippen molar-refractivity contribution >= 4 is 0 Å². The average Bonchev–Trinajstić information content (AvgIpc) is 2.69. The number of hydrogen-bond donors (Lipinski definition) is 1. The van der Waals surface area contributed by atoms with Crippen LogP contribution in [0, 0.1) is 0 Å². The molecule has 2 aliphatic rings. The summed E-state index contributed by atoms with van der Waals surface area (Å²) in [4.78, 5) is 0.